The zero-order valence-corrected chi connectivity index (χ0v) is 42.2. The number of hydrogen-bond acceptors (Lipinski definition) is 16. The van der Waals surface area contributed by atoms with Crippen LogP contribution in [0.25, 0.3) is 0 Å². The third kappa shape index (κ3) is 10.4. The predicted octanol–water partition coefficient (Wildman–Crippen LogP) is 3.31. The molecule has 24 heteroatoms. The van der Waals surface area contributed by atoms with Gasteiger partial charge in [0.25, 0.3) is 24.7 Å². The van der Waals surface area contributed by atoms with E-state index in [4.69, 9.17) is 18.9 Å². The third-order valence-corrected chi connectivity index (χ3v) is 16.4. The number of ether oxygens (including phenoxy) is 4. The first kappa shape index (κ1) is 55.8. The number of aryl methyl sites for hydroxylation is 2. The Balaban J connectivity index is 0.000000186. The number of amides is 2. The number of carbonyl (C=O) groups excluding carboxylic acids is 2. The van der Waals surface area contributed by atoms with E-state index in [9.17, 15) is 68.0 Å². The van der Waals surface area contributed by atoms with Crippen LogP contribution in [0.5, 0.6) is 0 Å². The van der Waals surface area contributed by atoms with Gasteiger partial charge >= 0.3 is 0 Å². The predicted molar refractivity (Wildman–Crippen MR) is 259 cm³/mol. The SMILES string of the molecule is CC(CO[C@@H]1O[C@H](CO)[C@@H](O)[C@H](O)[C@H]1O)C1C2CCC1c1c(NC(=O)c3cn(C)nc3C(F)F)cccc12.C[C@H](CO[C@@H]1O[C@H](CO)[C@@H](O)[C@H](O)[C@H]1O)C1C2CCC1c1c(NC(=O)c3cn(C)nc3C(F)F)cccc12. The van der Waals surface area contributed by atoms with Gasteiger partial charge in [0.1, 0.15) is 60.2 Å². The van der Waals surface area contributed by atoms with Crippen LogP contribution in [0.15, 0.2) is 48.8 Å². The van der Waals surface area contributed by atoms with Crippen molar-refractivity contribution in [2.75, 3.05) is 37.1 Å². The molecule has 4 bridgehead atoms. The molecule has 416 valence electrons. The van der Waals surface area contributed by atoms with Gasteiger partial charge < -0.3 is 70.4 Å². The normalized spacial score (nSPS) is 33.0. The van der Waals surface area contributed by atoms with Crippen molar-refractivity contribution < 1.29 is 87.0 Å². The molecule has 2 amide bonds. The molecule has 2 aliphatic heterocycles. The maximum atomic E-state index is 13.4. The van der Waals surface area contributed by atoms with Crippen LogP contribution in [0.4, 0.5) is 28.9 Å². The van der Waals surface area contributed by atoms with Gasteiger partial charge in [-0.2, -0.15) is 10.2 Å². The lowest BCUT2D eigenvalue weighted by molar-refractivity contribution is -0.303. The molecule has 2 saturated carbocycles. The highest BCUT2D eigenvalue weighted by Gasteiger charge is 2.52. The van der Waals surface area contributed by atoms with Crippen molar-refractivity contribution >= 4 is 23.2 Å². The Morgan fingerprint density at radius 2 is 0.974 bits per heavy atom. The second-order valence-electron chi connectivity index (χ2n) is 21.1. The summed E-state index contributed by atoms with van der Waals surface area (Å²) in [6.07, 6.45) is -12.8. The largest absolute Gasteiger partial charge is 0.394 e. The van der Waals surface area contributed by atoms with Gasteiger partial charge in [0.2, 0.25) is 0 Å². The molecule has 4 aromatic rings. The molecule has 2 aromatic carbocycles. The number of hydrogen-bond donors (Lipinski definition) is 10. The van der Waals surface area contributed by atoms with E-state index in [1.165, 1.54) is 35.9 Å². The van der Waals surface area contributed by atoms with E-state index in [1.807, 2.05) is 38.1 Å². The van der Waals surface area contributed by atoms with Crippen LogP contribution in [-0.4, -0.2) is 160 Å². The number of benzene rings is 2. The molecular formula is C52H66F4N6O14. The maximum Gasteiger partial charge on any atom is 0.282 e. The summed E-state index contributed by atoms with van der Waals surface area (Å²) < 4.78 is 78.6. The average molecular weight is 1080 g/mol. The van der Waals surface area contributed by atoms with Crippen molar-refractivity contribution in [2.24, 2.45) is 37.8 Å². The number of nitrogens with zero attached hydrogens (tertiary/aromatic N) is 4. The molecule has 2 saturated heterocycles. The molecule has 10 rings (SSSR count). The van der Waals surface area contributed by atoms with E-state index < -0.39 is 111 Å². The summed E-state index contributed by atoms with van der Waals surface area (Å²) in [5, 5.41) is 92.6. The molecule has 10 N–H and O–H groups in total. The molecule has 4 fully saturated rings. The van der Waals surface area contributed by atoms with E-state index in [1.54, 1.807) is 12.1 Å². The number of halogens is 4. The first-order valence-electron chi connectivity index (χ1n) is 25.6. The van der Waals surface area contributed by atoms with Gasteiger partial charge in [-0.15, -0.1) is 0 Å². The standard InChI is InChI=1S/2C26H33F2N3O7/c2*1-11(10-37-26-23(35)22(34)21(33)17(9-32)38-26)18-13-6-7-14(18)19-12(13)4-3-5-16(19)29-25(36)15-8-31(2)30-20(15)24(27)28/h2*3-5,8,11,13-14,17-18,21-24,26,32-35H,6-7,9-10H2,1-2H3,(H,29,36)/t11?,13?,14?,17-,18?,21-,22+,23-,26-;11-,13?,14?,17-,18?,21-,22+,23-,26-/m11/s1. The number of rotatable bonds is 16. The Hall–Kier alpha value is -4.96. The molecule has 20 nitrogen and oxygen atoms in total. The van der Waals surface area contributed by atoms with Crippen LogP contribution in [0.1, 0.15) is 130 Å². The number of carbonyl (C=O) groups is 2. The highest BCUT2D eigenvalue weighted by Crippen LogP contribution is 2.63. The summed E-state index contributed by atoms with van der Waals surface area (Å²) in [5.41, 5.74) is 3.97. The Kier molecular flexibility index (Phi) is 16.7. The molecule has 18 atom stereocenters. The third-order valence-electron chi connectivity index (χ3n) is 16.4. The second-order valence-corrected chi connectivity index (χ2v) is 21.1. The van der Waals surface area contributed by atoms with Gasteiger partial charge in [-0.1, -0.05) is 38.1 Å². The lowest BCUT2D eigenvalue weighted by atomic mass is 9.84. The van der Waals surface area contributed by atoms with Crippen LogP contribution < -0.4 is 10.6 Å². The first-order chi connectivity index (χ1) is 36.2. The number of anilines is 2. The quantitative estimate of drug-likeness (QED) is 0.0721. The van der Waals surface area contributed by atoms with Gasteiger partial charge in [-0.05, 0) is 107 Å². The number of aliphatic hydroxyl groups is 8. The number of aliphatic hydroxyl groups excluding tert-OH is 8. The fourth-order valence-electron chi connectivity index (χ4n) is 13.1. The topological polar surface area (TPSA) is 293 Å². The monoisotopic (exact) mass is 1070 g/mol. The lowest BCUT2D eigenvalue weighted by Crippen LogP contribution is -2.59. The minimum Gasteiger partial charge on any atom is -0.394 e. The number of alkyl halides is 4. The van der Waals surface area contributed by atoms with Crippen LogP contribution in [0.2, 0.25) is 0 Å². The van der Waals surface area contributed by atoms with Gasteiger partial charge in [0, 0.05) is 37.9 Å². The fourth-order valence-corrected chi connectivity index (χ4v) is 13.1. The van der Waals surface area contributed by atoms with Crippen LogP contribution in [0, 0.1) is 23.7 Å². The molecule has 2 aromatic heterocycles. The number of nitrogens with one attached hydrogen (secondary N) is 2. The number of fused-ring (bicyclic) bond motifs is 10. The van der Waals surface area contributed by atoms with Gasteiger partial charge in [0.15, 0.2) is 12.6 Å². The van der Waals surface area contributed by atoms with E-state index in [2.05, 4.69) is 20.8 Å². The van der Waals surface area contributed by atoms with E-state index >= 15 is 0 Å². The molecule has 6 aliphatic rings. The van der Waals surface area contributed by atoms with Gasteiger partial charge in [-0.3, -0.25) is 19.0 Å². The smallest absolute Gasteiger partial charge is 0.282 e. The van der Waals surface area contributed by atoms with Crippen LogP contribution in [0.3, 0.4) is 0 Å². The zero-order chi connectivity index (χ0) is 54.6. The molecule has 0 radical (unpaired) electrons. The Labute approximate surface area is 434 Å². The van der Waals surface area contributed by atoms with Crippen molar-refractivity contribution in [2.45, 2.75) is 137 Å². The van der Waals surface area contributed by atoms with Gasteiger partial charge in [-0.25, -0.2) is 17.6 Å². The molecule has 76 heavy (non-hydrogen) atoms. The van der Waals surface area contributed by atoms with E-state index in [-0.39, 0.29) is 71.7 Å². The summed E-state index contributed by atoms with van der Waals surface area (Å²) in [6.45, 7) is 3.37. The lowest BCUT2D eigenvalue weighted by Gasteiger charge is -2.40. The van der Waals surface area contributed by atoms with Crippen molar-refractivity contribution in [3.63, 3.8) is 0 Å². The van der Waals surface area contributed by atoms with Crippen molar-refractivity contribution in [1.29, 1.82) is 0 Å². The Morgan fingerprint density at radius 3 is 1.33 bits per heavy atom. The van der Waals surface area contributed by atoms with Crippen LogP contribution in [-0.2, 0) is 33.0 Å². The summed E-state index contributed by atoms with van der Waals surface area (Å²) in [5.74, 6) is -0.275. The fraction of sp³-hybridized carbons (Fsp3) is 0.615. The van der Waals surface area contributed by atoms with Gasteiger partial charge in [0.05, 0.1) is 37.6 Å². The second kappa shape index (κ2) is 22.8. The Morgan fingerprint density at radius 1 is 0.605 bits per heavy atom. The molecular weight excluding hydrogens is 1010 g/mol. The summed E-state index contributed by atoms with van der Waals surface area (Å²) in [4.78, 5) is 25.9. The van der Waals surface area contributed by atoms with Crippen LogP contribution >= 0.6 is 0 Å². The molecule has 0 spiro atoms. The zero-order valence-electron chi connectivity index (χ0n) is 42.2. The minimum atomic E-state index is -2.87. The highest BCUT2D eigenvalue weighted by molar-refractivity contribution is 6.06. The first-order valence-corrected chi connectivity index (χ1v) is 25.6. The molecule has 4 heterocycles. The van der Waals surface area contributed by atoms with Crippen molar-refractivity contribution in [3.8, 4) is 0 Å². The maximum absolute atomic E-state index is 13.4. The van der Waals surface area contributed by atoms with E-state index in [0.717, 1.165) is 47.9 Å². The number of aromatic nitrogens is 4. The summed E-state index contributed by atoms with van der Waals surface area (Å²) in [6, 6.07) is 11.3. The van der Waals surface area contributed by atoms with Crippen molar-refractivity contribution in [3.05, 3.63) is 93.6 Å². The summed E-state index contributed by atoms with van der Waals surface area (Å²) in [7, 11) is 2.97. The Bertz CT molecular complexity index is 2530. The molecule has 7 unspecified atom stereocenters. The summed E-state index contributed by atoms with van der Waals surface area (Å²) >= 11 is 0. The van der Waals surface area contributed by atoms with Crippen molar-refractivity contribution in [1.82, 2.24) is 19.6 Å². The van der Waals surface area contributed by atoms with E-state index in [0.29, 0.717) is 11.4 Å². The minimum absolute atomic E-state index is 0.000388. The average Bonchev–Trinajstić information content (AvgIpc) is 4.40. The highest BCUT2D eigenvalue weighted by atomic mass is 19.3. The molecule has 4 aliphatic carbocycles.